The summed E-state index contributed by atoms with van der Waals surface area (Å²) < 4.78 is 5.01. The van der Waals surface area contributed by atoms with Crippen LogP contribution in [0.5, 0.6) is 0 Å². The van der Waals surface area contributed by atoms with Gasteiger partial charge in [0.15, 0.2) is 6.10 Å². The van der Waals surface area contributed by atoms with Crippen LogP contribution in [0.15, 0.2) is 30.9 Å². The number of rotatable bonds is 5. The molecule has 0 bridgehead atoms. The zero-order chi connectivity index (χ0) is 14.4. The van der Waals surface area contributed by atoms with E-state index in [0.717, 1.165) is 0 Å². The first-order valence-electron chi connectivity index (χ1n) is 5.60. The maximum Gasteiger partial charge on any atom is 0.341 e. The number of esters is 1. The van der Waals surface area contributed by atoms with E-state index in [1.54, 1.807) is 0 Å². The third-order valence-electron chi connectivity index (χ3n) is 2.31. The van der Waals surface area contributed by atoms with Crippen LogP contribution in [0.25, 0.3) is 0 Å². The van der Waals surface area contributed by atoms with Crippen LogP contribution in [-0.4, -0.2) is 24.5 Å². The fourth-order valence-corrected chi connectivity index (χ4v) is 1.49. The summed E-state index contributed by atoms with van der Waals surface area (Å²) in [6.45, 7) is 5.25. The van der Waals surface area contributed by atoms with Gasteiger partial charge in [0.1, 0.15) is 0 Å². The lowest BCUT2D eigenvalue weighted by Gasteiger charge is -2.13. The van der Waals surface area contributed by atoms with Crippen molar-refractivity contribution in [2.24, 2.45) is 0 Å². The second-order valence-corrected chi connectivity index (χ2v) is 4.25. The molecule has 5 nitrogen and oxygen atoms in total. The Balaban J connectivity index is 2.68. The number of nitrogen functional groups attached to an aromatic ring is 1. The Morgan fingerprint density at radius 2 is 2.26 bits per heavy atom. The van der Waals surface area contributed by atoms with Crippen molar-refractivity contribution in [3.8, 4) is 0 Å². The van der Waals surface area contributed by atoms with Crippen LogP contribution in [0.3, 0.4) is 0 Å². The van der Waals surface area contributed by atoms with Crippen LogP contribution in [0.4, 0.5) is 5.69 Å². The topological polar surface area (TPSA) is 81.4 Å². The number of carbonyl (C=O) groups excluding carboxylic acids is 2. The lowest BCUT2D eigenvalue weighted by Crippen LogP contribution is -2.35. The van der Waals surface area contributed by atoms with E-state index in [0.29, 0.717) is 11.6 Å². The SMILES string of the molecule is C=CCNC(=O)[C@H](C)OC(=O)c1ccc(Cl)cc1N. The first-order chi connectivity index (χ1) is 8.95. The van der Waals surface area contributed by atoms with Crippen LogP contribution in [0.2, 0.25) is 5.02 Å². The van der Waals surface area contributed by atoms with Crippen molar-refractivity contribution < 1.29 is 14.3 Å². The Hall–Kier alpha value is -2.01. The Morgan fingerprint density at radius 3 is 2.84 bits per heavy atom. The van der Waals surface area contributed by atoms with E-state index in [1.165, 1.54) is 31.2 Å². The van der Waals surface area contributed by atoms with Crippen LogP contribution in [0, 0.1) is 0 Å². The zero-order valence-corrected chi connectivity index (χ0v) is 11.2. The predicted molar refractivity (Wildman–Crippen MR) is 73.9 cm³/mol. The lowest BCUT2D eigenvalue weighted by atomic mass is 10.2. The predicted octanol–water partition coefficient (Wildman–Crippen LogP) is 1.77. The highest BCUT2D eigenvalue weighted by molar-refractivity contribution is 6.31. The number of halogens is 1. The quantitative estimate of drug-likeness (QED) is 0.490. The number of hydrogen-bond acceptors (Lipinski definition) is 4. The van der Waals surface area contributed by atoms with Crippen molar-refractivity contribution in [1.82, 2.24) is 5.32 Å². The van der Waals surface area contributed by atoms with Crippen LogP contribution >= 0.6 is 11.6 Å². The van der Waals surface area contributed by atoms with E-state index < -0.39 is 18.0 Å². The summed E-state index contributed by atoms with van der Waals surface area (Å²) in [6.07, 6.45) is 0.617. The fraction of sp³-hybridized carbons (Fsp3) is 0.231. The van der Waals surface area contributed by atoms with Gasteiger partial charge >= 0.3 is 5.97 Å². The summed E-state index contributed by atoms with van der Waals surface area (Å²) in [5, 5.41) is 2.95. The molecule has 1 amide bonds. The molecular formula is C13H15ClN2O3. The number of hydrogen-bond donors (Lipinski definition) is 2. The van der Waals surface area contributed by atoms with Gasteiger partial charge in [0.05, 0.1) is 5.56 Å². The van der Waals surface area contributed by atoms with Gasteiger partial charge in [-0.1, -0.05) is 17.7 Å². The molecule has 6 heteroatoms. The maximum absolute atomic E-state index is 11.8. The molecule has 0 heterocycles. The number of carbonyl (C=O) groups is 2. The molecule has 0 fully saturated rings. The third-order valence-corrected chi connectivity index (χ3v) is 2.54. The van der Waals surface area contributed by atoms with Crippen LogP contribution in [0.1, 0.15) is 17.3 Å². The molecular weight excluding hydrogens is 268 g/mol. The number of amides is 1. The molecule has 3 N–H and O–H groups in total. The molecule has 1 aromatic carbocycles. The van der Waals surface area contributed by atoms with E-state index in [1.807, 2.05) is 0 Å². The Bertz CT molecular complexity index is 503. The maximum atomic E-state index is 11.8. The van der Waals surface area contributed by atoms with Crippen LogP contribution in [-0.2, 0) is 9.53 Å². The molecule has 0 radical (unpaired) electrons. The minimum absolute atomic E-state index is 0.174. The lowest BCUT2D eigenvalue weighted by molar-refractivity contribution is -0.128. The van der Waals surface area contributed by atoms with Gasteiger partial charge in [-0.25, -0.2) is 4.79 Å². The molecule has 1 rings (SSSR count). The summed E-state index contributed by atoms with van der Waals surface area (Å²) in [7, 11) is 0. The summed E-state index contributed by atoms with van der Waals surface area (Å²) in [4.78, 5) is 23.3. The number of nitrogens with two attached hydrogens (primary N) is 1. The number of benzene rings is 1. The van der Waals surface area contributed by atoms with E-state index in [-0.39, 0.29) is 11.3 Å². The molecule has 0 saturated carbocycles. The van der Waals surface area contributed by atoms with Crippen molar-refractivity contribution in [2.75, 3.05) is 12.3 Å². The fourth-order valence-electron chi connectivity index (χ4n) is 1.31. The average molecular weight is 283 g/mol. The zero-order valence-electron chi connectivity index (χ0n) is 10.5. The van der Waals surface area contributed by atoms with E-state index in [9.17, 15) is 9.59 Å². The molecule has 19 heavy (non-hydrogen) atoms. The standard InChI is InChI=1S/C13H15ClN2O3/c1-3-6-16-12(17)8(2)19-13(18)10-5-4-9(14)7-11(10)15/h3-5,7-8H,1,6,15H2,2H3,(H,16,17)/t8-/m0/s1. The first kappa shape index (κ1) is 15.0. The average Bonchev–Trinajstić information content (AvgIpc) is 2.35. The van der Waals surface area contributed by atoms with Gasteiger partial charge in [0, 0.05) is 17.3 Å². The van der Waals surface area contributed by atoms with Gasteiger partial charge in [0.25, 0.3) is 5.91 Å². The monoisotopic (exact) mass is 282 g/mol. The van der Waals surface area contributed by atoms with Crippen molar-refractivity contribution in [3.63, 3.8) is 0 Å². The van der Waals surface area contributed by atoms with E-state index in [2.05, 4.69) is 11.9 Å². The smallest absolute Gasteiger partial charge is 0.341 e. The molecule has 0 aliphatic rings. The van der Waals surface area contributed by atoms with Gasteiger partial charge in [-0.15, -0.1) is 6.58 Å². The van der Waals surface area contributed by atoms with Crippen molar-refractivity contribution in [3.05, 3.63) is 41.4 Å². The van der Waals surface area contributed by atoms with Crippen molar-refractivity contribution >= 4 is 29.2 Å². The summed E-state index contributed by atoms with van der Waals surface area (Å²) in [6, 6.07) is 4.42. The van der Waals surface area contributed by atoms with E-state index >= 15 is 0 Å². The summed E-state index contributed by atoms with van der Waals surface area (Å²) in [5.41, 5.74) is 6.03. The number of ether oxygens (including phenoxy) is 1. The Kier molecular flexibility index (Phi) is 5.38. The van der Waals surface area contributed by atoms with Gasteiger partial charge in [-0.2, -0.15) is 0 Å². The minimum Gasteiger partial charge on any atom is -0.449 e. The number of nitrogens with one attached hydrogen (secondary N) is 1. The molecule has 0 unspecified atom stereocenters. The van der Waals surface area contributed by atoms with Crippen molar-refractivity contribution in [1.29, 1.82) is 0 Å². The molecule has 0 saturated heterocycles. The normalized spacial score (nSPS) is 11.5. The Morgan fingerprint density at radius 1 is 1.58 bits per heavy atom. The second kappa shape index (κ2) is 6.80. The second-order valence-electron chi connectivity index (χ2n) is 3.81. The van der Waals surface area contributed by atoms with Crippen molar-refractivity contribution in [2.45, 2.75) is 13.0 Å². The molecule has 1 atom stereocenters. The largest absolute Gasteiger partial charge is 0.449 e. The summed E-state index contributed by atoms with van der Waals surface area (Å²) in [5.74, 6) is -1.07. The van der Waals surface area contributed by atoms with Gasteiger partial charge in [-0.05, 0) is 25.1 Å². The number of anilines is 1. The molecule has 0 aliphatic carbocycles. The van der Waals surface area contributed by atoms with Gasteiger partial charge in [0.2, 0.25) is 0 Å². The third kappa shape index (κ3) is 4.30. The summed E-state index contributed by atoms with van der Waals surface area (Å²) >= 11 is 5.73. The van der Waals surface area contributed by atoms with E-state index in [4.69, 9.17) is 22.1 Å². The highest BCUT2D eigenvalue weighted by Crippen LogP contribution is 2.19. The van der Waals surface area contributed by atoms with Gasteiger partial charge in [-0.3, -0.25) is 4.79 Å². The highest BCUT2D eigenvalue weighted by atomic mass is 35.5. The first-order valence-corrected chi connectivity index (χ1v) is 5.98. The Labute approximate surface area is 116 Å². The molecule has 102 valence electrons. The van der Waals surface area contributed by atoms with Crippen LogP contribution < -0.4 is 11.1 Å². The molecule has 0 spiro atoms. The highest BCUT2D eigenvalue weighted by Gasteiger charge is 2.19. The van der Waals surface area contributed by atoms with Gasteiger partial charge < -0.3 is 15.8 Å². The molecule has 1 aromatic rings. The molecule has 0 aromatic heterocycles. The minimum atomic E-state index is -0.914. The molecule has 0 aliphatic heterocycles.